The molecule has 0 N–H and O–H groups in total. The third kappa shape index (κ3) is 2.73. The normalized spacial score (nSPS) is 10.4. The second kappa shape index (κ2) is 5.22. The number of carbonyl (C=O) groups is 1. The number of carbonyl (C=O) groups excluding carboxylic acids is 1. The van der Waals surface area contributed by atoms with Crippen LogP contribution in [0.2, 0.25) is 0 Å². The number of hydrogen-bond donors (Lipinski definition) is 0. The fraction of sp³-hybridized carbons (Fsp3) is 0.250. The summed E-state index contributed by atoms with van der Waals surface area (Å²) in [4.78, 5) is 11.1. The van der Waals surface area contributed by atoms with E-state index < -0.39 is 0 Å². The molecule has 0 atom stereocenters. The lowest BCUT2D eigenvalue weighted by Crippen LogP contribution is -2.00. The molecule has 14 heavy (non-hydrogen) atoms. The minimum absolute atomic E-state index is 0.289. The fourth-order valence-corrected chi connectivity index (χ4v) is 1.15. The molecular weight excluding hydrogens is 176 g/mol. The molecule has 2 nitrogen and oxygen atoms in total. The first kappa shape index (κ1) is 10.5. The molecule has 1 aromatic carbocycles. The van der Waals surface area contributed by atoms with Gasteiger partial charge in [0.1, 0.15) is 0 Å². The van der Waals surface area contributed by atoms with Crippen molar-refractivity contribution < 1.29 is 9.53 Å². The van der Waals surface area contributed by atoms with Crippen molar-refractivity contribution in [1.29, 1.82) is 0 Å². The van der Waals surface area contributed by atoms with Crippen LogP contribution in [0, 0.1) is 0 Å². The third-order valence-corrected chi connectivity index (χ3v) is 1.96. The van der Waals surface area contributed by atoms with Crippen molar-refractivity contribution in [2.75, 3.05) is 7.11 Å². The average Bonchev–Trinajstić information content (AvgIpc) is 2.26. The quantitative estimate of drug-likeness (QED) is 0.541. The van der Waals surface area contributed by atoms with Gasteiger partial charge in [-0.1, -0.05) is 24.3 Å². The van der Waals surface area contributed by atoms with Gasteiger partial charge in [-0.3, -0.25) is 0 Å². The van der Waals surface area contributed by atoms with Crippen LogP contribution in [-0.4, -0.2) is 13.1 Å². The highest BCUT2D eigenvalue weighted by molar-refractivity contribution is 5.89. The first-order valence-electron chi connectivity index (χ1n) is 4.56. The zero-order valence-corrected chi connectivity index (χ0v) is 8.49. The molecule has 0 fully saturated rings. The van der Waals surface area contributed by atoms with Gasteiger partial charge in [0.15, 0.2) is 0 Å². The van der Waals surface area contributed by atoms with Crippen LogP contribution in [0.25, 0.3) is 0 Å². The number of benzene rings is 1. The standard InChI is InChI=1S/C12H14O2/c1-3-4-5-10-6-8-11(9-7-10)12(13)14-2/h3-4,6-9H,5H2,1-2H3/b4-3+. The maximum absolute atomic E-state index is 11.1. The molecule has 0 aliphatic rings. The van der Waals surface area contributed by atoms with Crippen LogP contribution >= 0.6 is 0 Å². The smallest absolute Gasteiger partial charge is 0.337 e. The summed E-state index contributed by atoms with van der Waals surface area (Å²) >= 11 is 0. The molecular formula is C12H14O2. The van der Waals surface area contributed by atoms with Gasteiger partial charge in [0, 0.05) is 0 Å². The van der Waals surface area contributed by atoms with Crippen molar-refractivity contribution in [2.24, 2.45) is 0 Å². The van der Waals surface area contributed by atoms with Crippen LogP contribution in [0.5, 0.6) is 0 Å². The average molecular weight is 190 g/mol. The molecule has 0 aromatic heterocycles. The van der Waals surface area contributed by atoms with E-state index in [0.717, 1.165) is 6.42 Å². The van der Waals surface area contributed by atoms with E-state index in [4.69, 9.17) is 0 Å². The Morgan fingerprint density at radius 3 is 2.50 bits per heavy atom. The zero-order chi connectivity index (χ0) is 10.4. The summed E-state index contributed by atoms with van der Waals surface area (Å²) in [7, 11) is 1.38. The van der Waals surface area contributed by atoms with Crippen molar-refractivity contribution in [3.8, 4) is 0 Å². The fourth-order valence-electron chi connectivity index (χ4n) is 1.15. The van der Waals surface area contributed by atoms with Gasteiger partial charge in [0.25, 0.3) is 0 Å². The summed E-state index contributed by atoms with van der Waals surface area (Å²) in [6.07, 6.45) is 4.99. The highest BCUT2D eigenvalue weighted by Crippen LogP contribution is 2.06. The van der Waals surface area contributed by atoms with Gasteiger partial charge in [-0.15, -0.1) is 0 Å². The molecule has 74 valence electrons. The largest absolute Gasteiger partial charge is 0.465 e. The number of esters is 1. The molecule has 0 amide bonds. The van der Waals surface area contributed by atoms with Crippen molar-refractivity contribution in [2.45, 2.75) is 13.3 Å². The van der Waals surface area contributed by atoms with E-state index >= 15 is 0 Å². The second-order valence-electron chi connectivity index (χ2n) is 2.96. The highest BCUT2D eigenvalue weighted by atomic mass is 16.5. The van der Waals surface area contributed by atoms with Gasteiger partial charge < -0.3 is 4.74 Å². The Hall–Kier alpha value is -1.57. The van der Waals surface area contributed by atoms with Gasteiger partial charge in [0.05, 0.1) is 12.7 Å². The van der Waals surface area contributed by atoms with Crippen LogP contribution in [0.1, 0.15) is 22.8 Å². The van der Waals surface area contributed by atoms with Crippen molar-refractivity contribution in [1.82, 2.24) is 0 Å². The Bertz CT molecular complexity index is 323. The minimum atomic E-state index is -0.289. The maximum atomic E-state index is 11.1. The van der Waals surface area contributed by atoms with E-state index in [1.165, 1.54) is 12.7 Å². The van der Waals surface area contributed by atoms with E-state index in [9.17, 15) is 4.79 Å². The van der Waals surface area contributed by atoms with Crippen LogP contribution < -0.4 is 0 Å². The Labute approximate surface area is 84.2 Å². The maximum Gasteiger partial charge on any atom is 0.337 e. The lowest BCUT2D eigenvalue weighted by atomic mass is 10.1. The summed E-state index contributed by atoms with van der Waals surface area (Å²) < 4.78 is 4.60. The van der Waals surface area contributed by atoms with Crippen molar-refractivity contribution >= 4 is 5.97 Å². The summed E-state index contributed by atoms with van der Waals surface area (Å²) in [5, 5.41) is 0. The Morgan fingerprint density at radius 1 is 1.36 bits per heavy atom. The van der Waals surface area contributed by atoms with E-state index in [-0.39, 0.29) is 5.97 Å². The second-order valence-corrected chi connectivity index (χ2v) is 2.96. The predicted octanol–water partition coefficient (Wildman–Crippen LogP) is 2.59. The summed E-state index contributed by atoms with van der Waals surface area (Å²) in [5.41, 5.74) is 1.78. The predicted molar refractivity (Wildman–Crippen MR) is 56.3 cm³/mol. The van der Waals surface area contributed by atoms with E-state index in [1.54, 1.807) is 12.1 Å². The third-order valence-electron chi connectivity index (χ3n) is 1.96. The Morgan fingerprint density at radius 2 is 2.00 bits per heavy atom. The topological polar surface area (TPSA) is 26.3 Å². The number of allylic oxidation sites excluding steroid dienone is 2. The summed E-state index contributed by atoms with van der Waals surface area (Å²) in [6, 6.07) is 7.44. The van der Waals surface area contributed by atoms with Crippen LogP contribution in [0.4, 0.5) is 0 Å². The number of methoxy groups -OCH3 is 1. The van der Waals surface area contributed by atoms with Crippen LogP contribution in [0.15, 0.2) is 36.4 Å². The molecule has 0 aliphatic heterocycles. The van der Waals surface area contributed by atoms with E-state index in [1.807, 2.05) is 25.1 Å². The molecule has 0 saturated carbocycles. The van der Waals surface area contributed by atoms with Crippen LogP contribution in [0.3, 0.4) is 0 Å². The first-order valence-corrected chi connectivity index (χ1v) is 4.56. The van der Waals surface area contributed by atoms with E-state index in [2.05, 4.69) is 10.8 Å². The van der Waals surface area contributed by atoms with Crippen LogP contribution in [-0.2, 0) is 11.2 Å². The SMILES string of the molecule is C/C=C/Cc1ccc(C(=O)OC)cc1. The first-order chi connectivity index (χ1) is 6.77. The van der Waals surface area contributed by atoms with E-state index in [0.29, 0.717) is 5.56 Å². The van der Waals surface area contributed by atoms with Gasteiger partial charge in [0.2, 0.25) is 0 Å². The number of ether oxygens (including phenoxy) is 1. The monoisotopic (exact) mass is 190 g/mol. The summed E-state index contributed by atoms with van der Waals surface area (Å²) in [6.45, 7) is 1.99. The van der Waals surface area contributed by atoms with Gasteiger partial charge in [-0.25, -0.2) is 4.79 Å². The molecule has 0 aliphatic carbocycles. The number of rotatable bonds is 3. The van der Waals surface area contributed by atoms with Gasteiger partial charge >= 0.3 is 5.97 Å². The molecule has 0 radical (unpaired) electrons. The lowest BCUT2D eigenvalue weighted by Gasteiger charge is -2.00. The molecule has 1 aromatic rings. The molecule has 0 saturated heterocycles. The van der Waals surface area contributed by atoms with Gasteiger partial charge in [-0.05, 0) is 31.0 Å². The molecule has 0 bridgehead atoms. The van der Waals surface area contributed by atoms with Crippen molar-refractivity contribution in [3.63, 3.8) is 0 Å². The van der Waals surface area contributed by atoms with Crippen molar-refractivity contribution in [3.05, 3.63) is 47.5 Å². The highest BCUT2D eigenvalue weighted by Gasteiger charge is 2.03. The molecule has 0 heterocycles. The Balaban J connectivity index is 2.73. The molecule has 2 heteroatoms. The number of hydrogen-bond acceptors (Lipinski definition) is 2. The minimum Gasteiger partial charge on any atom is -0.465 e. The van der Waals surface area contributed by atoms with Gasteiger partial charge in [-0.2, -0.15) is 0 Å². The Kier molecular flexibility index (Phi) is 3.92. The lowest BCUT2D eigenvalue weighted by molar-refractivity contribution is 0.0601. The molecule has 0 spiro atoms. The molecule has 0 unspecified atom stereocenters. The molecule has 1 rings (SSSR count). The summed E-state index contributed by atoms with van der Waals surface area (Å²) in [5.74, 6) is -0.289. The zero-order valence-electron chi connectivity index (χ0n) is 8.49.